The van der Waals surface area contributed by atoms with Crippen LogP contribution >= 0.6 is 0 Å². The monoisotopic (exact) mass is 202 g/mol. The first kappa shape index (κ1) is 12.9. The maximum Gasteiger partial charge on any atom is 0.347 e. The highest BCUT2D eigenvalue weighted by Gasteiger charge is 2.20. The van der Waals surface area contributed by atoms with Gasteiger partial charge < -0.3 is 9.47 Å². The lowest BCUT2D eigenvalue weighted by Gasteiger charge is -2.14. The summed E-state index contributed by atoms with van der Waals surface area (Å²) in [6, 6.07) is 0. The predicted molar refractivity (Wildman–Crippen MR) is 51.6 cm³/mol. The van der Waals surface area contributed by atoms with Crippen LogP contribution in [0.2, 0.25) is 0 Å². The van der Waals surface area contributed by atoms with Crippen LogP contribution in [-0.2, 0) is 19.1 Å². The van der Waals surface area contributed by atoms with Crippen LogP contribution in [0.5, 0.6) is 0 Å². The molecule has 0 radical (unpaired) electrons. The number of hydrogen-bond acceptors (Lipinski definition) is 4. The number of hydrogen-bond donors (Lipinski definition) is 0. The van der Waals surface area contributed by atoms with E-state index in [1.54, 1.807) is 6.92 Å². The first-order chi connectivity index (χ1) is 6.47. The smallest absolute Gasteiger partial charge is 0.347 e. The molecular formula is C10H18O4. The average molecular weight is 202 g/mol. The quantitative estimate of drug-likeness (QED) is 0.634. The van der Waals surface area contributed by atoms with Gasteiger partial charge in [0.15, 0.2) is 6.10 Å². The largest absolute Gasteiger partial charge is 0.463 e. The van der Waals surface area contributed by atoms with Gasteiger partial charge in [-0.15, -0.1) is 0 Å². The van der Waals surface area contributed by atoms with Crippen molar-refractivity contribution in [2.45, 2.75) is 40.2 Å². The normalized spacial score (nSPS) is 12.4. The second-order valence-electron chi connectivity index (χ2n) is 3.53. The van der Waals surface area contributed by atoms with Gasteiger partial charge in [0, 0.05) is 6.92 Å². The predicted octanol–water partition coefficient (Wildman–Crippen LogP) is 1.53. The molecule has 0 saturated heterocycles. The molecule has 14 heavy (non-hydrogen) atoms. The first-order valence-electron chi connectivity index (χ1n) is 4.81. The molecule has 0 aliphatic rings. The molecule has 0 aliphatic heterocycles. The molecule has 1 atom stereocenters. The van der Waals surface area contributed by atoms with Crippen molar-refractivity contribution in [3.8, 4) is 0 Å². The molecule has 0 saturated carbocycles. The molecule has 0 unspecified atom stereocenters. The van der Waals surface area contributed by atoms with E-state index >= 15 is 0 Å². The maximum atomic E-state index is 11.3. The summed E-state index contributed by atoms with van der Waals surface area (Å²) in [6.07, 6.45) is -0.317. The molecule has 0 aromatic carbocycles. The molecule has 0 amide bonds. The van der Waals surface area contributed by atoms with Crippen molar-refractivity contribution in [2.75, 3.05) is 6.61 Å². The minimum Gasteiger partial charge on any atom is -0.463 e. The fourth-order valence-electron chi connectivity index (χ4n) is 0.840. The van der Waals surface area contributed by atoms with Gasteiger partial charge in [0.25, 0.3) is 0 Å². The van der Waals surface area contributed by atoms with E-state index in [0.717, 1.165) is 0 Å². The van der Waals surface area contributed by atoms with Gasteiger partial charge >= 0.3 is 11.9 Å². The van der Waals surface area contributed by atoms with Crippen LogP contribution in [0.15, 0.2) is 0 Å². The van der Waals surface area contributed by atoms with Gasteiger partial charge in [-0.1, -0.05) is 20.8 Å². The second-order valence-corrected chi connectivity index (χ2v) is 3.53. The summed E-state index contributed by atoms with van der Waals surface area (Å²) in [5.41, 5.74) is 0. The van der Waals surface area contributed by atoms with Crippen molar-refractivity contribution in [3.63, 3.8) is 0 Å². The Bertz CT molecular complexity index is 198. The van der Waals surface area contributed by atoms with Crippen LogP contribution in [0, 0.1) is 5.92 Å². The van der Waals surface area contributed by atoms with Crippen molar-refractivity contribution in [3.05, 3.63) is 0 Å². The minimum atomic E-state index is -0.758. The van der Waals surface area contributed by atoms with Crippen LogP contribution in [0.1, 0.15) is 34.1 Å². The summed E-state index contributed by atoms with van der Waals surface area (Å²) in [7, 11) is 0. The van der Waals surface area contributed by atoms with E-state index in [1.807, 2.05) is 13.8 Å². The van der Waals surface area contributed by atoms with Gasteiger partial charge in [-0.25, -0.2) is 4.79 Å². The highest BCUT2D eigenvalue weighted by molar-refractivity contribution is 5.78. The number of ether oxygens (including phenoxy) is 2. The van der Waals surface area contributed by atoms with Gasteiger partial charge in [0.1, 0.15) is 0 Å². The topological polar surface area (TPSA) is 52.6 Å². The summed E-state index contributed by atoms with van der Waals surface area (Å²) < 4.78 is 9.72. The molecule has 4 nitrogen and oxygen atoms in total. The molecular weight excluding hydrogens is 184 g/mol. The van der Waals surface area contributed by atoms with E-state index in [4.69, 9.17) is 9.47 Å². The summed E-state index contributed by atoms with van der Waals surface area (Å²) in [5.74, 6) is -0.636. The Morgan fingerprint density at radius 3 is 2.21 bits per heavy atom. The zero-order valence-corrected chi connectivity index (χ0v) is 9.20. The van der Waals surface area contributed by atoms with E-state index in [0.29, 0.717) is 13.0 Å². The molecule has 0 N–H and O–H groups in total. The zero-order valence-electron chi connectivity index (χ0n) is 9.20. The fourth-order valence-corrected chi connectivity index (χ4v) is 0.840. The molecule has 0 heterocycles. The molecule has 0 rings (SSSR count). The highest BCUT2D eigenvalue weighted by Crippen LogP contribution is 2.03. The number of esters is 2. The minimum absolute atomic E-state index is 0.286. The van der Waals surface area contributed by atoms with E-state index < -0.39 is 18.0 Å². The van der Waals surface area contributed by atoms with Crippen LogP contribution in [0.3, 0.4) is 0 Å². The average Bonchev–Trinajstić information content (AvgIpc) is 2.09. The molecule has 0 fully saturated rings. The maximum absolute atomic E-state index is 11.3. The van der Waals surface area contributed by atoms with Gasteiger partial charge in [-0.3, -0.25) is 4.79 Å². The summed E-state index contributed by atoms with van der Waals surface area (Å²) >= 11 is 0. The number of rotatable bonds is 5. The number of carbonyl (C=O) groups is 2. The SMILES string of the molecule is CC[C@@H](OC(C)=O)C(=O)OCC(C)C. The summed E-state index contributed by atoms with van der Waals surface area (Å²) in [4.78, 5) is 21.9. The van der Waals surface area contributed by atoms with Crippen molar-refractivity contribution >= 4 is 11.9 Å². The Balaban J connectivity index is 3.98. The molecule has 0 spiro atoms. The van der Waals surface area contributed by atoms with Crippen molar-refractivity contribution in [1.29, 1.82) is 0 Å². The lowest BCUT2D eigenvalue weighted by atomic mass is 10.2. The third-order valence-electron chi connectivity index (χ3n) is 1.50. The zero-order chi connectivity index (χ0) is 11.1. The Hall–Kier alpha value is -1.06. The van der Waals surface area contributed by atoms with Gasteiger partial charge in [-0.2, -0.15) is 0 Å². The van der Waals surface area contributed by atoms with Gasteiger partial charge in [0.05, 0.1) is 6.61 Å². The molecule has 0 aromatic heterocycles. The van der Waals surface area contributed by atoms with E-state index in [-0.39, 0.29) is 5.92 Å². The van der Waals surface area contributed by atoms with Crippen molar-refractivity contribution < 1.29 is 19.1 Å². The fraction of sp³-hybridized carbons (Fsp3) is 0.800. The van der Waals surface area contributed by atoms with E-state index in [2.05, 4.69) is 0 Å². The van der Waals surface area contributed by atoms with E-state index in [9.17, 15) is 9.59 Å². The van der Waals surface area contributed by atoms with Gasteiger partial charge in [0.2, 0.25) is 0 Å². The molecule has 0 bridgehead atoms. The van der Waals surface area contributed by atoms with Crippen LogP contribution in [-0.4, -0.2) is 24.6 Å². The second kappa shape index (κ2) is 6.40. The molecule has 82 valence electrons. The van der Waals surface area contributed by atoms with Crippen molar-refractivity contribution in [2.24, 2.45) is 5.92 Å². The summed E-state index contributed by atoms with van der Waals surface area (Å²) in [6.45, 7) is 7.29. The van der Waals surface area contributed by atoms with E-state index in [1.165, 1.54) is 6.92 Å². The third kappa shape index (κ3) is 5.56. The highest BCUT2D eigenvalue weighted by atomic mass is 16.6. The van der Waals surface area contributed by atoms with Crippen LogP contribution in [0.25, 0.3) is 0 Å². The Labute approximate surface area is 84.6 Å². The molecule has 0 aromatic rings. The third-order valence-corrected chi connectivity index (χ3v) is 1.50. The Morgan fingerprint density at radius 2 is 1.86 bits per heavy atom. The molecule has 0 aliphatic carbocycles. The number of carbonyl (C=O) groups excluding carboxylic acids is 2. The van der Waals surface area contributed by atoms with Crippen molar-refractivity contribution in [1.82, 2.24) is 0 Å². The Kier molecular flexibility index (Phi) is 5.92. The first-order valence-corrected chi connectivity index (χ1v) is 4.81. The Morgan fingerprint density at radius 1 is 1.29 bits per heavy atom. The lowest BCUT2D eigenvalue weighted by Crippen LogP contribution is -2.28. The standard InChI is InChI=1S/C10H18O4/c1-5-9(14-8(4)11)10(12)13-6-7(2)3/h7,9H,5-6H2,1-4H3/t9-/m1/s1. The van der Waals surface area contributed by atoms with Gasteiger partial charge in [-0.05, 0) is 12.3 Å². The van der Waals surface area contributed by atoms with Crippen LogP contribution < -0.4 is 0 Å². The lowest BCUT2D eigenvalue weighted by molar-refractivity contribution is -0.167. The van der Waals surface area contributed by atoms with Crippen LogP contribution in [0.4, 0.5) is 0 Å². The summed E-state index contributed by atoms with van der Waals surface area (Å²) in [5, 5.41) is 0. The molecule has 4 heteroatoms.